The molecule has 2 aromatic heterocycles. The highest BCUT2D eigenvalue weighted by Crippen LogP contribution is 2.22. The smallest absolute Gasteiger partial charge is 0.244 e. The molecule has 1 saturated heterocycles. The van der Waals surface area contributed by atoms with Crippen molar-refractivity contribution >= 4 is 17.3 Å². The second-order valence-electron chi connectivity index (χ2n) is 7.59. The zero-order chi connectivity index (χ0) is 21.6. The number of carbonyl (C=O) groups excluding carboxylic acids is 1. The summed E-state index contributed by atoms with van der Waals surface area (Å²) in [7, 11) is 0. The second-order valence-corrected chi connectivity index (χ2v) is 7.59. The Bertz CT molecular complexity index is 965. The summed E-state index contributed by atoms with van der Waals surface area (Å²) < 4.78 is 10.8. The number of rotatable bonds is 8. The molecular formula is C20H26N8O3. The fourth-order valence-corrected chi connectivity index (χ4v) is 3.36. The van der Waals surface area contributed by atoms with Crippen LogP contribution in [0.3, 0.4) is 0 Å². The van der Waals surface area contributed by atoms with Gasteiger partial charge in [0.15, 0.2) is 5.82 Å². The van der Waals surface area contributed by atoms with Crippen molar-refractivity contribution in [2.45, 2.75) is 19.9 Å². The fraction of sp³-hybridized carbons (Fsp3) is 0.450. The van der Waals surface area contributed by atoms with Gasteiger partial charge in [0.2, 0.25) is 17.6 Å². The van der Waals surface area contributed by atoms with E-state index >= 15 is 0 Å². The van der Waals surface area contributed by atoms with E-state index in [1.165, 1.54) is 6.33 Å². The van der Waals surface area contributed by atoms with Gasteiger partial charge in [0.05, 0.1) is 25.8 Å². The number of aromatic nitrogens is 5. The summed E-state index contributed by atoms with van der Waals surface area (Å²) in [6.45, 7) is 7.35. The molecule has 3 heterocycles. The Labute approximate surface area is 179 Å². The largest absolute Gasteiger partial charge is 0.378 e. The third-order valence-corrected chi connectivity index (χ3v) is 5.01. The Morgan fingerprint density at radius 1 is 1.23 bits per heavy atom. The van der Waals surface area contributed by atoms with Crippen molar-refractivity contribution in [2.75, 3.05) is 43.1 Å². The monoisotopic (exact) mass is 426 g/mol. The van der Waals surface area contributed by atoms with Crippen LogP contribution >= 0.6 is 0 Å². The van der Waals surface area contributed by atoms with Crippen LogP contribution in [0.15, 0.2) is 35.1 Å². The predicted molar refractivity (Wildman–Crippen MR) is 113 cm³/mol. The summed E-state index contributed by atoms with van der Waals surface area (Å²) in [6, 6.07) is 7.55. The van der Waals surface area contributed by atoms with Crippen LogP contribution in [0.2, 0.25) is 0 Å². The standard InChI is InChI=1S/C20H26N8O3/c1-13(2)17(20-25-19(27-31-20)18-22-12-23-26-18)21-11-16(29)24-14-3-5-15(6-4-14)28-7-9-30-10-8-28/h3-6,12-13,17,21H,7-11H2,1-2H3,(H,24,29)(H,22,23,26). The number of morpholine rings is 1. The van der Waals surface area contributed by atoms with Crippen LogP contribution in [-0.4, -0.2) is 64.1 Å². The minimum atomic E-state index is -0.279. The first kappa shape index (κ1) is 20.9. The van der Waals surface area contributed by atoms with Crippen LogP contribution in [0, 0.1) is 5.92 Å². The van der Waals surface area contributed by atoms with Crippen LogP contribution < -0.4 is 15.5 Å². The first-order chi connectivity index (χ1) is 15.1. The summed E-state index contributed by atoms with van der Waals surface area (Å²) >= 11 is 0. The number of nitrogens with zero attached hydrogens (tertiary/aromatic N) is 5. The van der Waals surface area contributed by atoms with Crippen molar-refractivity contribution in [1.82, 2.24) is 30.6 Å². The fourth-order valence-electron chi connectivity index (χ4n) is 3.36. The number of H-pyrrole nitrogens is 1. The second kappa shape index (κ2) is 9.67. The molecule has 1 aromatic carbocycles. The summed E-state index contributed by atoms with van der Waals surface area (Å²) in [5, 5.41) is 16.5. The SMILES string of the molecule is CC(C)C(NCC(=O)Nc1ccc(N2CCOCC2)cc1)c1nc(-c2ncn[nH]2)no1. The number of carbonyl (C=O) groups is 1. The summed E-state index contributed by atoms with van der Waals surface area (Å²) in [5.74, 6) is 1.12. The van der Waals surface area contributed by atoms with Gasteiger partial charge >= 0.3 is 0 Å². The van der Waals surface area contributed by atoms with Crippen LogP contribution in [0.4, 0.5) is 11.4 Å². The quantitative estimate of drug-likeness (QED) is 0.491. The molecule has 11 nitrogen and oxygen atoms in total. The molecule has 31 heavy (non-hydrogen) atoms. The van der Waals surface area contributed by atoms with E-state index < -0.39 is 0 Å². The Kier molecular flexibility index (Phi) is 6.53. The molecule has 1 aliphatic heterocycles. The van der Waals surface area contributed by atoms with Crippen LogP contribution in [0.5, 0.6) is 0 Å². The predicted octanol–water partition coefficient (Wildman–Crippen LogP) is 1.62. The molecule has 11 heteroatoms. The number of anilines is 2. The van der Waals surface area contributed by atoms with Crippen molar-refractivity contribution in [3.8, 4) is 11.6 Å². The lowest BCUT2D eigenvalue weighted by Crippen LogP contribution is -2.36. The number of benzene rings is 1. The average molecular weight is 426 g/mol. The third kappa shape index (κ3) is 5.25. The molecule has 0 spiro atoms. The zero-order valence-electron chi connectivity index (χ0n) is 17.5. The maximum Gasteiger partial charge on any atom is 0.244 e. The van der Waals surface area contributed by atoms with Gasteiger partial charge < -0.3 is 19.5 Å². The van der Waals surface area contributed by atoms with Gasteiger partial charge in [-0.05, 0) is 30.2 Å². The maximum absolute atomic E-state index is 12.5. The van der Waals surface area contributed by atoms with E-state index in [-0.39, 0.29) is 24.4 Å². The molecule has 3 N–H and O–H groups in total. The number of aromatic amines is 1. The van der Waals surface area contributed by atoms with Crippen molar-refractivity contribution in [1.29, 1.82) is 0 Å². The molecule has 1 aliphatic rings. The number of hydrogen-bond acceptors (Lipinski definition) is 9. The van der Waals surface area contributed by atoms with E-state index in [2.05, 4.69) is 40.9 Å². The minimum Gasteiger partial charge on any atom is -0.378 e. The lowest BCUT2D eigenvalue weighted by molar-refractivity contribution is -0.115. The molecule has 4 rings (SSSR count). The minimum absolute atomic E-state index is 0.105. The Morgan fingerprint density at radius 2 is 2.00 bits per heavy atom. The molecule has 0 aliphatic carbocycles. The normalized spacial score (nSPS) is 15.3. The molecule has 1 unspecified atom stereocenters. The highest BCUT2D eigenvalue weighted by molar-refractivity contribution is 5.92. The van der Waals surface area contributed by atoms with Gasteiger partial charge in [-0.25, -0.2) is 4.98 Å². The van der Waals surface area contributed by atoms with Crippen LogP contribution in [-0.2, 0) is 9.53 Å². The van der Waals surface area contributed by atoms with Crippen LogP contribution in [0.25, 0.3) is 11.6 Å². The molecule has 164 valence electrons. The molecule has 1 fully saturated rings. The first-order valence-corrected chi connectivity index (χ1v) is 10.3. The van der Waals surface area contributed by atoms with E-state index in [0.29, 0.717) is 17.5 Å². The highest BCUT2D eigenvalue weighted by atomic mass is 16.5. The molecule has 0 bridgehead atoms. The lowest BCUT2D eigenvalue weighted by atomic mass is 10.0. The van der Waals surface area contributed by atoms with Crippen LogP contribution in [0.1, 0.15) is 25.8 Å². The number of hydrogen-bond donors (Lipinski definition) is 3. The van der Waals surface area contributed by atoms with E-state index in [1.807, 2.05) is 38.1 Å². The Hall–Kier alpha value is -3.31. The van der Waals surface area contributed by atoms with Gasteiger partial charge in [0.1, 0.15) is 6.33 Å². The van der Waals surface area contributed by atoms with Crippen molar-refractivity contribution in [3.63, 3.8) is 0 Å². The first-order valence-electron chi connectivity index (χ1n) is 10.3. The van der Waals surface area contributed by atoms with Crippen molar-refractivity contribution < 1.29 is 14.1 Å². The molecule has 0 saturated carbocycles. The Morgan fingerprint density at radius 3 is 2.68 bits per heavy atom. The molecular weight excluding hydrogens is 400 g/mol. The van der Waals surface area contributed by atoms with E-state index in [9.17, 15) is 4.79 Å². The third-order valence-electron chi connectivity index (χ3n) is 5.01. The van der Waals surface area contributed by atoms with Gasteiger partial charge in [-0.3, -0.25) is 15.2 Å². The zero-order valence-corrected chi connectivity index (χ0v) is 17.5. The van der Waals surface area contributed by atoms with E-state index in [1.54, 1.807) is 0 Å². The molecule has 1 amide bonds. The topological polar surface area (TPSA) is 134 Å². The van der Waals surface area contributed by atoms with E-state index in [4.69, 9.17) is 9.26 Å². The van der Waals surface area contributed by atoms with Gasteiger partial charge in [0, 0.05) is 24.5 Å². The number of nitrogens with one attached hydrogen (secondary N) is 3. The van der Waals surface area contributed by atoms with Crippen molar-refractivity contribution in [2.24, 2.45) is 5.92 Å². The number of amides is 1. The Balaban J connectivity index is 1.32. The lowest BCUT2D eigenvalue weighted by Gasteiger charge is -2.28. The van der Waals surface area contributed by atoms with E-state index in [0.717, 1.165) is 37.7 Å². The van der Waals surface area contributed by atoms with Gasteiger partial charge in [0.25, 0.3) is 0 Å². The molecule has 3 aromatic rings. The van der Waals surface area contributed by atoms with Crippen molar-refractivity contribution in [3.05, 3.63) is 36.5 Å². The summed E-state index contributed by atoms with van der Waals surface area (Å²) in [6.07, 6.45) is 1.38. The average Bonchev–Trinajstić information content (AvgIpc) is 3.47. The van der Waals surface area contributed by atoms with Gasteiger partial charge in [-0.2, -0.15) is 10.1 Å². The molecule has 1 atom stereocenters. The maximum atomic E-state index is 12.5. The molecule has 0 radical (unpaired) electrons. The summed E-state index contributed by atoms with van der Waals surface area (Å²) in [5.41, 5.74) is 1.87. The van der Waals surface area contributed by atoms with Gasteiger partial charge in [-0.15, -0.1) is 0 Å². The highest BCUT2D eigenvalue weighted by Gasteiger charge is 2.24. The number of ether oxygens (including phenoxy) is 1. The summed E-state index contributed by atoms with van der Waals surface area (Å²) in [4.78, 5) is 23.1. The van der Waals surface area contributed by atoms with Gasteiger partial charge in [-0.1, -0.05) is 19.0 Å².